The maximum absolute atomic E-state index is 12.9. The fourth-order valence-corrected chi connectivity index (χ4v) is 4.23. The average Bonchev–Trinajstić information content (AvgIpc) is 3.44. The fraction of sp³-hybridized carbons (Fsp3) is 0.217. The molecule has 0 spiro atoms. The van der Waals surface area contributed by atoms with Gasteiger partial charge in [-0.2, -0.15) is 0 Å². The minimum Gasteiger partial charge on any atom is -0.395 e. The number of hydrogen-bond donors (Lipinski definition) is 0. The third-order valence-corrected chi connectivity index (χ3v) is 5.99. The van der Waals surface area contributed by atoms with Gasteiger partial charge in [0.15, 0.2) is 22.1 Å². The Kier molecular flexibility index (Phi) is 7.56. The lowest BCUT2D eigenvalue weighted by molar-refractivity contribution is -0.117. The second-order valence-corrected chi connectivity index (χ2v) is 9.60. The molecule has 3 heterocycles. The maximum atomic E-state index is 12.9. The van der Waals surface area contributed by atoms with E-state index in [0.717, 1.165) is 0 Å². The van der Waals surface area contributed by atoms with Gasteiger partial charge in [-0.25, -0.2) is 4.79 Å². The van der Waals surface area contributed by atoms with Crippen molar-refractivity contribution in [1.29, 1.82) is 0 Å². The first-order valence-corrected chi connectivity index (χ1v) is 11.9. The highest BCUT2D eigenvalue weighted by Gasteiger charge is 2.27. The van der Waals surface area contributed by atoms with Gasteiger partial charge in [0.05, 0.1) is 16.6 Å². The Morgan fingerprint density at radius 1 is 1.06 bits per heavy atom. The number of alkyl halides is 2. The van der Waals surface area contributed by atoms with Crippen molar-refractivity contribution >= 4 is 58.0 Å². The number of rotatable bonds is 7. The SMILES string of the molecule is CC(C)c1oc(=O)oc1CN(C(=O)C(Cl)Cl)c1ccnc(-c2cc(-c3c(Cl)cccc3Cl)no2)c1. The minimum atomic E-state index is -1.37. The second kappa shape index (κ2) is 10.5. The fourth-order valence-electron chi connectivity index (χ4n) is 3.40. The Morgan fingerprint density at radius 3 is 2.43 bits per heavy atom. The summed E-state index contributed by atoms with van der Waals surface area (Å²) < 4.78 is 15.8. The van der Waals surface area contributed by atoms with Crippen LogP contribution in [0.4, 0.5) is 5.69 Å². The summed E-state index contributed by atoms with van der Waals surface area (Å²) >= 11 is 24.3. The van der Waals surface area contributed by atoms with Crippen LogP contribution in [0, 0.1) is 0 Å². The lowest BCUT2D eigenvalue weighted by Crippen LogP contribution is -2.34. The van der Waals surface area contributed by atoms with Crippen LogP contribution in [0.15, 0.2) is 60.7 Å². The molecule has 0 aliphatic rings. The predicted octanol–water partition coefficient (Wildman–Crippen LogP) is 6.72. The number of aromatic nitrogens is 2. The number of nitrogens with zero attached hydrogens (tertiary/aromatic N) is 3. The van der Waals surface area contributed by atoms with E-state index in [9.17, 15) is 9.59 Å². The minimum absolute atomic E-state index is 0.144. The molecule has 0 aliphatic carbocycles. The van der Waals surface area contributed by atoms with Crippen LogP contribution in [0.5, 0.6) is 0 Å². The lowest BCUT2D eigenvalue weighted by Gasteiger charge is -2.23. The van der Waals surface area contributed by atoms with Gasteiger partial charge in [-0.1, -0.05) is 71.5 Å². The van der Waals surface area contributed by atoms with Crippen LogP contribution in [-0.2, 0) is 11.3 Å². The lowest BCUT2D eigenvalue weighted by atomic mass is 10.1. The Bertz CT molecular complexity index is 1410. The molecule has 35 heavy (non-hydrogen) atoms. The van der Waals surface area contributed by atoms with Crippen molar-refractivity contribution in [2.75, 3.05) is 4.90 Å². The largest absolute Gasteiger partial charge is 0.519 e. The number of amides is 1. The van der Waals surface area contributed by atoms with Crippen molar-refractivity contribution < 1.29 is 18.2 Å². The highest BCUT2D eigenvalue weighted by Crippen LogP contribution is 2.36. The standard InChI is InChI=1S/C23H17Cl4N3O5/c1-11(2)20-18(33-23(32)34-20)10-30(22(31)21(26)27)12-6-7-28-15(8-12)17-9-16(29-35-17)19-13(24)4-3-5-14(19)25/h3-9,11,21H,10H2,1-2H3. The topological polar surface area (TPSA) is 103 Å². The number of carbonyl (C=O) groups is 1. The van der Waals surface area contributed by atoms with Gasteiger partial charge in [-0.05, 0) is 24.3 Å². The van der Waals surface area contributed by atoms with Gasteiger partial charge in [-0.3, -0.25) is 9.78 Å². The van der Waals surface area contributed by atoms with Crippen molar-refractivity contribution in [2.24, 2.45) is 0 Å². The van der Waals surface area contributed by atoms with Crippen LogP contribution in [0.3, 0.4) is 0 Å². The number of anilines is 1. The van der Waals surface area contributed by atoms with E-state index in [2.05, 4.69) is 10.1 Å². The predicted molar refractivity (Wildman–Crippen MR) is 133 cm³/mol. The van der Waals surface area contributed by atoms with Gasteiger partial charge in [0.25, 0.3) is 5.91 Å². The Hall–Kier alpha value is -2.78. The molecule has 0 saturated heterocycles. The van der Waals surface area contributed by atoms with Gasteiger partial charge < -0.3 is 18.3 Å². The van der Waals surface area contributed by atoms with Crippen LogP contribution in [0.2, 0.25) is 10.0 Å². The average molecular weight is 557 g/mol. The van der Waals surface area contributed by atoms with Crippen LogP contribution >= 0.6 is 46.4 Å². The van der Waals surface area contributed by atoms with Gasteiger partial charge in [-0.15, -0.1) is 0 Å². The molecule has 1 amide bonds. The number of benzene rings is 1. The monoisotopic (exact) mass is 555 g/mol. The Morgan fingerprint density at radius 2 is 1.77 bits per heavy atom. The molecule has 0 radical (unpaired) electrons. The van der Waals surface area contributed by atoms with E-state index in [4.69, 9.17) is 59.8 Å². The molecule has 0 saturated carbocycles. The van der Waals surface area contributed by atoms with Crippen molar-refractivity contribution in [2.45, 2.75) is 31.1 Å². The summed E-state index contributed by atoms with van der Waals surface area (Å²) in [5, 5.41) is 4.88. The molecule has 0 bridgehead atoms. The first-order valence-electron chi connectivity index (χ1n) is 10.3. The van der Waals surface area contributed by atoms with Gasteiger partial charge in [0, 0.05) is 29.4 Å². The molecule has 0 unspecified atom stereocenters. The van der Waals surface area contributed by atoms with E-state index >= 15 is 0 Å². The van der Waals surface area contributed by atoms with Crippen molar-refractivity contribution in [3.05, 3.63) is 74.8 Å². The van der Waals surface area contributed by atoms with Crippen molar-refractivity contribution in [3.63, 3.8) is 0 Å². The van der Waals surface area contributed by atoms with E-state index in [1.807, 2.05) is 13.8 Å². The van der Waals surface area contributed by atoms with Crippen LogP contribution in [-0.4, -0.2) is 20.9 Å². The van der Waals surface area contributed by atoms with E-state index in [1.165, 1.54) is 11.1 Å². The van der Waals surface area contributed by atoms with Crippen molar-refractivity contribution in [1.82, 2.24) is 10.1 Å². The normalized spacial score (nSPS) is 11.4. The third kappa shape index (κ3) is 5.41. The molecule has 4 aromatic rings. The Balaban J connectivity index is 1.72. The molecular formula is C23H17Cl4N3O5. The summed E-state index contributed by atoms with van der Waals surface area (Å²) in [6.45, 7) is 3.51. The molecule has 8 nitrogen and oxygen atoms in total. The molecule has 0 N–H and O–H groups in total. The summed E-state index contributed by atoms with van der Waals surface area (Å²) in [7, 11) is 0. The summed E-state index contributed by atoms with van der Waals surface area (Å²) in [6, 6.07) is 9.89. The van der Waals surface area contributed by atoms with E-state index in [1.54, 1.807) is 36.4 Å². The zero-order valence-electron chi connectivity index (χ0n) is 18.3. The zero-order chi connectivity index (χ0) is 25.3. The summed E-state index contributed by atoms with van der Waals surface area (Å²) in [5.74, 6) is -0.859. The molecule has 1 aromatic carbocycles. The summed E-state index contributed by atoms with van der Waals surface area (Å²) in [5.41, 5.74) is 1.67. The number of hydrogen-bond acceptors (Lipinski definition) is 7. The highest BCUT2D eigenvalue weighted by atomic mass is 35.5. The Labute approximate surface area is 219 Å². The van der Waals surface area contributed by atoms with E-state index < -0.39 is 16.6 Å². The first kappa shape index (κ1) is 25.3. The molecule has 12 heteroatoms. The molecule has 4 rings (SSSR count). The zero-order valence-corrected chi connectivity index (χ0v) is 21.3. The van der Waals surface area contributed by atoms with Gasteiger partial charge >= 0.3 is 5.82 Å². The van der Waals surface area contributed by atoms with Crippen molar-refractivity contribution in [3.8, 4) is 22.7 Å². The van der Waals surface area contributed by atoms with Crippen LogP contribution < -0.4 is 10.7 Å². The molecular weight excluding hydrogens is 540 g/mol. The molecule has 0 atom stereocenters. The number of pyridine rings is 1. The summed E-state index contributed by atoms with van der Waals surface area (Å²) in [6.07, 6.45) is 1.47. The number of halogens is 4. The highest BCUT2D eigenvalue weighted by molar-refractivity contribution is 6.54. The van der Waals surface area contributed by atoms with E-state index in [0.29, 0.717) is 44.2 Å². The quantitative estimate of drug-likeness (QED) is 0.233. The molecule has 182 valence electrons. The van der Waals surface area contributed by atoms with Crippen LogP contribution in [0.1, 0.15) is 31.3 Å². The smallest absolute Gasteiger partial charge is 0.395 e. The van der Waals surface area contributed by atoms with Gasteiger partial charge in [0.1, 0.15) is 11.4 Å². The number of carbonyl (C=O) groups excluding carboxylic acids is 1. The molecule has 3 aromatic heterocycles. The van der Waals surface area contributed by atoms with Crippen LogP contribution in [0.25, 0.3) is 22.7 Å². The van der Waals surface area contributed by atoms with E-state index in [-0.39, 0.29) is 18.2 Å². The van der Waals surface area contributed by atoms with Gasteiger partial charge in [0.2, 0.25) is 0 Å². The maximum Gasteiger partial charge on any atom is 0.519 e. The molecule has 0 aliphatic heterocycles. The first-order chi connectivity index (χ1) is 16.7. The molecule has 0 fully saturated rings. The second-order valence-electron chi connectivity index (χ2n) is 7.69. The summed E-state index contributed by atoms with van der Waals surface area (Å²) in [4.78, 5) is 28.8. The third-order valence-electron chi connectivity index (χ3n) is 4.99.